The third-order valence-electron chi connectivity index (χ3n) is 6.37. The van der Waals surface area contributed by atoms with Crippen molar-refractivity contribution in [2.45, 2.75) is 57.8 Å². The van der Waals surface area contributed by atoms with Gasteiger partial charge >= 0.3 is 0 Å². The van der Waals surface area contributed by atoms with E-state index < -0.39 is 5.79 Å². The summed E-state index contributed by atoms with van der Waals surface area (Å²) in [5.74, 6) is -0.539. The molecular weight excluding hydrogens is 322 g/mol. The molecule has 1 fully saturated rings. The van der Waals surface area contributed by atoms with Crippen LogP contribution in [-0.4, -0.2) is 13.3 Å². The minimum Gasteiger partial charge on any atom is -0.319 e. The normalized spacial score (nSPS) is 22.3. The first-order chi connectivity index (χ1) is 12.8. The van der Waals surface area contributed by atoms with Crippen LogP contribution in [0.2, 0.25) is 0 Å². The van der Waals surface area contributed by atoms with E-state index in [1.807, 2.05) is 0 Å². The van der Waals surface area contributed by atoms with Crippen molar-refractivity contribution >= 4 is 0 Å². The SMILES string of the molecule is CCCc1c(C2(CC)OCO2)cc2c3c1-c1ccccc1CC3NCC2. The average Bonchev–Trinajstić information content (AvgIpc) is 2.63. The summed E-state index contributed by atoms with van der Waals surface area (Å²) >= 11 is 0. The largest absolute Gasteiger partial charge is 0.319 e. The second-order valence-electron chi connectivity index (χ2n) is 7.73. The average molecular weight is 349 g/mol. The lowest BCUT2D eigenvalue weighted by Crippen LogP contribution is -2.45. The molecule has 26 heavy (non-hydrogen) atoms. The van der Waals surface area contributed by atoms with Crippen molar-refractivity contribution in [1.29, 1.82) is 0 Å². The van der Waals surface area contributed by atoms with Crippen molar-refractivity contribution in [3.8, 4) is 11.1 Å². The number of benzene rings is 2. The lowest BCUT2D eigenvalue weighted by molar-refractivity contribution is -0.410. The summed E-state index contributed by atoms with van der Waals surface area (Å²) in [6.45, 7) is 5.89. The topological polar surface area (TPSA) is 30.5 Å². The van der Waals surface area contributed by atoms with E-state index in [4.69, 9.17) is 9.47 Å². The van der Waals surface area contributed by atoms with Gasteiger partial charge in [-0.25, -0.2) is 0 Å². The third kappa shape index (κ3) is 2.24. The van der Waals surface area contributed by atoms with Gasteiger partial charge in [0.1, 0.15) is 0 Å². The van der Waals surface area contributed by atoms with E-state index in [2.05, 4.69) is 49.5 Å². The first-order valence-electron chi connectivity index (χ1n) is 10.1. The van der Waals surface area contributed by atoms with Crippen molar-refractivity contribution in [3.63, 3.8) is 0 Å². The summed E-state index contributed by atoms with van der Waals surface area (Å²) in [6.07, 6.45) is 5.21. The van der Waals surface area contributed by atoms with Crippen molar-refractivity contribution < 1.29 is 9.47 Å². The van der Waals surface area contributed by atoms with Crippen LogP contribution >= 0.6 is 0 Å². The van der Waals surface area contributed by atoms with E-state index in [1.54, 1.807) is 0 Å². The number of fused-ring (bicyclic) bond motifs is 2. The lowest BCUT2D eigenvalue weighted by Gasteiger charge is -2.45. The van der Waals surface area contributed by atoms with Crippen LogP contribution < -0.4 is 5.32 Å². The molecule has 1 atom stereocenters. The van der Waals surface area contributed by atoms with Crippen molar-refractivity contribution in [1.82, 2.24) is 5.32 Å². The molecule has 0 spiro atoms. The Bertz CT molecular complexity index is 848. The van der Waals surface area contributed by atoms with E-state index in [0.717, 1.165) is 38.6 Å². The Morgan fingerprint density at radius 2 is 2.00 bits per heavy atom. The van der Waals surface area contributed by atoms with Gasteiger partial charge in [-0.3, -0.25) is 0 Å². The summed E-state index contributed by atoms with van der Waals surface area (Å²) in [4.78, 5) is 0. The molecule has 2 heterocycles. The van der Waals surface area contributed by atoms with E-state index >= 15 is 0 Å². The molecule has 3 heteroatoms. The van der Waals surface area contributed by atoms with Gasteiger partial charge in [0.25, 0.3) is 0 Å². The Kier molecular flexibility index (Phi) is 3.93. The maximum absolute atomic E-state index is 6.03. The monoisotopic (exact) mass is 349 g/mol. The van der Waals surface area contributed by atoms with Gasteiger partial charge in [-0.15, -0.1) is 0 Å². The molecule has 0 amide bonds. The number of nitrogens with one attached hydrogen (secondary N) is 1. The molecule has 0 aromatic heterocycles. The predicted molar refractivity (Wildman–Crippen MR) is 103 cm³/mol. The summed E-state index contributed by atoms with van der Waals surface area (Å²) in [7, 11) is 0. The summed E-state index contributed by atoms with van der Waals surface area (Å²) < 4.78 is 12.1. The molecule has 2 aromatic rings. The van der Waals surface area contributed by atoms with Gasteiger partial charge in [0.2, 0.25) is 0 Å². The highest BCUT2D eigenvalue weighted by Crippen LogP contribution is 2.49. The Labute approximate surface area is 155 Å². The Hall–Kier alpha value is -1.68. The van der Waals surface area contributed by atoms with E-state index in [0.29, 0.717) is 12.8 Å². The minimum atomic E-state index is -0.539. The zero-order valence-electron chi connectivity index (χ0n) is 15.7. The van der Waals surface area contributed by atoms with E-state index in [9.17, 15) is 0 Å². The number of hydrogen-bond donors (Lipinski definition) is 1. The summed E-state index contributed by atoms with van der Waals surface area (Å²) in [6, 6.07) is 11.8. The van der Waals surface area contributed by atoms with Gasteiger partial charge < -0.3 is 14.8 Å². The molecule has 2 aromatic carbocycles. The van der Waals surface area contributed by atoms with Gasteiger partial charge in [-0.1, -0.05) is 44.5 Å². The number of rotatable bonds is 4. The second kappa shape index (κ2) is 6.19. The number of ether oxygens (including phenoxy) is 2. The molecule has 0 radical (unpaired) electrons. The molecule has 1 aliphatic carbocycles. The van der Waals surface area contributed by atoms with Crippen molar-refractivity contribution in [2.75, 3.05) is 13.3 Å². The molecule has 0 bridgehead atoms. The van der Waals surface area contributed by atoms with Gasteiger partial charge in [0.15, 0.2) is 12.6 Å². The fraction of sp³-hybridized carbons (Fsp3) is 0.478. The molecule has 1 saturated heterocycles. The lowest BCUT2D eigenvalue weighted by atomic mass is 9.73. The molecule has 1 unspecified atom stereocenters. The van der Waals surface area contributed by atoms with E-state index in [-0.39, 0.29) is 0 Å². The highest BCUT2D eigenvalue weighted by molar-refractivity contribution is 5.80. The molecular formula is C23H27NO2. The van der Waals surface area contributed by atoms with Gasteiger partial charge in [-0.2, -0.15) is 0 Å². The summed E-state index contributed by atoms with van der Waals surface area (Å²) in [5.41, 5.74) is 10.1. The zero-order chi connectivity index (χ0) is 17.7. The fourth-order valence-electron chi connectivity index (χ4n) is 5.13. The van der Waals surface area contributed by atoms with Crippen LogP contribution in [-0.2, 0) is 34.5 Å². The van der Waals surface area contributed by atoms with Crippen LogP contribution in [0.15, 0.2) is 30.3 Å². The maximum Gasteiger partial charge on any atom is 0.199 e. The molecule has 1 N–H and O–H groups in total. The fourth-order valence-corrected chi connectivity index (χ4v) is 5.13. The van der Waals surface area contributed by atoms with Crippen LogP contribution in [0.5, 0.6) is 0 Å². The maximum atomic E-state index is 6.03. The Balaban J connectivity index is 1.83. The molecule has 136 valence electrons. The Morgan fingerprint density at radius 1 is 1.15 bits per heavy atom. The van der Waals surface area contributed by atoms with Gasteiger partial charge in [0.05, 0.1) is 0 Å². The predicted octanol–water partition coefficient (Wildman–Crippen LogP) is 4.62. The quantitative estimate of drug-likeness (QED) is 0.874. The van der Waals surface area contributed by atoms with Crippen LogP contribution in [0.3, 0.4) is 0 Å². The smallest absolute Gasteiger partial charge is 0.199 e. The van der Waals surface area contributed by atoms with Crippen LogP contribution in [0.25, 0.3) is 11.1 Å². The van der Waals surface area contributed by atoms with E-state index in [1.165, 1.54) is 38.9 Å². The van der Waals surface area contributed by atoms with Crippen molar-refractivity contribution in [3.05, 3.63) is 58.1 Å². The third-order valence-corrected chi connectivity index (χ3v) is 6.37. The molecule has 0 saturated carbocycles. The zero-order valence-corrected chi connectivity index (χ0v) is 15.7. The van der Waals surface area contributed by atoms with Gasteiger partial charge in [0, 0.05) is 18.0 Å². The standard InChI is InChI=1S/C23H27NO2/c1-3-7-18-19(23(4-2)25-14-26-23)12-16-10-11-24-20-13-15-8-5-6-9-17(15)22(18)21(16)20/h5-6,8-9,12,20,24H,3-4,7,10-11,13-14H2,1-2H3. The highest BCUT2D eigenvalue weighted by atomic mass is 16.9. The molecule has 3 aliphatic rings. The van der Waals surface area contributed by atoms with Crippen LogP contribution in [0.1, 0.15) is 60.5 Å². The molecule has 3 nitrogen and oxygen atoms in total. The van der Waals surface area contributed by atoms with Crippen LogP contribution in [0.4, 0.5) is 0 Å². The van der Waals surface area contributed by atoms with Crippen LogP contribution in [0, 0.1) is 0 Å². The minimum absolute atomic E-state index is 0.409. The molecule has 2 aliphatic heterocycles. The van der Waals surface area contributed by atoms with Gasteiger partial charge in [-0.05, 0) is 65.3 Å². The summed E-state index contributed by atoms with van der Waals surface area (Å²) in [5, 5.41) is 3.76. The first-order valence-corrected chi connectivity index (χ1v) is 10.1. The molecule has 5 rings (SSSR count). The highest BCUT2D eigenvalue weighted by Gasteiger charge is 2.44. The Morgan fingerprint density at radius 3 is 2.73 bits per heavy atom. The number of hydrogen-bond acceptors (Lipinski definition) is 3. The second-order valence-corrected chi connectivity index (χ2v) is 7.73. The van der Waals surface area contributed by atoms with Crippen molar-refractivity contribution in [2.24, 2.45) is 0 Å². The first kappa shape index (κ1) is 16.5.